The summed E-state index contributed by atoms with van der Waals surface area (Å²) in [4.78, 5) is 0. The second-order valence-electron chi connectivity index (χ2n) is 6.85. The summed E-state index contributed by atoms with van der Waals surface area (Å²) in [6.07, 6.45) is 10.1. The third-order valence-corrected chi connectivity index (χ3v) is 4.98. The van der Waals surface area contributed by atoms with Crippen LogP contribution < -0.4 is 10.6 Å². The zero-order valence-corrected chi connectivity index (χ0v) is 12.8. The van der Waals surface area contributed by atoms with Gasteiger partial charge in [0.05, 0.1) is 0 Å². The first-order valence-corrected chi connectivity index (χ1v) is 8.13. The minimum absolute atomic E-state index is 0.666. The molecule has 2 aliphatic carbocycles. The normalized spacial score (nSPS) is 36.7. The van der Waals surface area contributed by atoms with Gasteiger partial charge in [-0.1, -0.05) is 13.8 Å². The fraction of sp³-hybridized carbons (Fsp3) is 1.00. The van der Waals surface area contributed by atoms with Crippen LogP contribution >= 0.6 is 0 Å². The highest BCUT2D eigenvalue weighted by Crippen LogP contribution is 2.51. The molecule has 2 aliphatic heterocycles. The summed E-state index contributed by atoms with van der Waals surface area (Å²) in [6, 6.07) is 1.61. The van der Waals surface area contributed by atoms with Crippen molar-refractivity contribution >= 4 is 0 Å². The van der Waals surface area contributed by atoms with Crippen molar-refractivity contribution in [3.63, 3.8) is 0 Å². The lowest BCUT2D eigenvalue weighted by Gasteiger charge is -2.05. The van der Waals surface area contributed by atoms with E-state index < -0.39 is 0 Å². The van der Waals surface area contributed by atoms with Gasteiger partial charge in [-0.05, 0) is 64.2 Å². The molecule has 2 heteroatoms. The molecule has 2 saturated carbocycles. The maximum Gasteiger partial charge on any atom is 0.0186 e. The summed E-state index contributed by atoms with van der Waals surface area (Å²) in [5, 5.41) is 7.08. The largest absolute Gasteiger partial charge is 0.314 e. The molecule has 2 saturated heterocycles. The Bertz CT molecular complexity index is 238. The smallest absolute Gasteiger partial charge is 0.0186 e. The molecule has 0 aromatic carbocycles. The zero-order valence-electron chi connectivity index (χ0n) is 12.8. The maximum absolute atomic E-state index is 3.60. The molecular weight excluding hydrogens is 220 g/mol. The molecule has 2 spiro atoms. The van der Waals surface area contributed by atoms with E-state index >= 15 is 0 Å². The molecule has 0 aromatic rings. The summed E-state index contributed by atoms with van der Waals surface area (Å²) in [5.41, 5.74) is 1.47. The number of nitrogens with one attached hydrogen (secondary N) is 2. The Kier molecular flexibility index (Phi) is 4.38. The monoisotopic (exact) mass is 252 g/mol. The van der Waals surface area contributed by atoms with Crippen LogP contribution in [0.3, 0.4) is 0 Å². The van der Waals surface area contributed by atoms with Gasteiger partial charge in [0, 0.05) is 24.2 Å². The van der Waals surface area contributed by atoms with Crippen molar-refractivity contribution in [2.45, 2.75) is 90.3 Å². The van der Waals surface area contributed by atoms with E-state index in [0.29, 0.717) is 5.54 Å². The predicted molar refractivity (Wildman–Crippen MR) is 78.9 cm³/mol. The SMILES string of the molecule is CC.CC1CC2(CC2)CN1.CC1CCC2(CC2)N1. The Morgan fingerprint density at radius 2 is 1.56 bits per heavy atom. The van der Waals surface area contributed by atoms with Crippen molar-refractivity contribution in [3.05, 3.63) is 0 Å². The number of rotatable bonds is 0. The van der Waals surface area contributed by atoms with Gasteiger partial charge < -0.3 is 10.6 Å². The van der Waals surface area contributed by atoms with Gasteiger partial charge in [0.1, 0.15) is 0 Å². The van der Waals surface area contributed by atoms with Gasteiger partial charge >= 0.3 is 0 Å². The first kappa shape index (κ1) is 14.3. The molecule has 0 aromatic heterocycles. The minimum Gasteiger partial charge on any atom is -0.314 e. The molecule has 106 valence electrons. The van der Waals surface area contributed by atoms with Crippen LogP contribution in [0.25, 0.3) is 0 Å². The molecule has 0 amide bonds. The average Bonchev–Trinajstić information content (AvgIpc) is 3.21. The van der Waals surface area contributed by atoms with E-state index in [9.17, 15) is 0 Å². The predicted octanol–water partition coefficient (Wildman–Crippen LogP) is 3.47. The lowest BCUT2D eigenvalue weighted by atomic mass is 10.0. The Labute approximate surface area is 113 Å². The highest BCUT2D eigenvalue weighted by Gasteiger charge is 2.47. The molecular formula is C16H32N2. The quantitative estimate of drug-likeness (QED) is 0.690. The summed E-state index contributed by atoms with van der Waals surface area (Å²) >= 11 is 0. The van der Waals surface area contributed by atoms with Crippen LogP contribution in [0.1, 0.15) is 72.6 Å². The van der Waals surface area contributed by atoms with E-state index in [1.165, 1.54) is 51.5 Å². The molecule has 0 radical (unpaired) electrons. The van der Waals surface area contributed by atoms with Gasteiger partial charge in [-0.2, -0.15) is 0 Å². The molecule has 0 bridgehead atoms. The van der Waals surface area contributed by atoms with E-state index in [1.54, 1.807) is 0 Å². The lowest BCUT2D eigenvalue weighted by molar-refractivity contribution is 0.552. The molecule has 2 nitrogen and oxygen atoms in total. The zero-order chi connectivity index (χ0) is 13.2. The van der Waals surface area contributed by atoms with E-state index in [1.807, 2.05) is 13.8 Å². The molecule has 4 rings (SSSR count). The highest BCUT2D eigenvalue weighted by atomic mass is 15.1. The molecule has 2 unspecified atom stereocenters. The van der Waals surface area contributed by atoms with Crippen LogP contribution in [0, 0.1) is 5.41 Å². The van der Waals surface area contributed by atoms with Crippen molar-refractivity contribution in [1.29, 1.82) is 0 Å². The summed E-state index contributed by atoms with van der Waals surface area (Å²) in [5.74, 6) is 0. The summed E-state index contributed by atoms with van der Waals surface area (Å²) in [6.45, 7) is 9.87. The maximum atomic E-state index is 3.60. The summed E-state index contributed by atoms with van der Waals surface area (Å²) < 4.78 is 0. The van der Waals surface area contributed by atoms with Crippen LogP contribution in [-0.4, -0.2) is 24.2 Å². The molecule has 4 fully saturated rings. The van der Waals surface area contributed by atoms with E-state index in [0.717, 1.165) is 17.5 Å². The van der Waals surface area contributed by atoms with Gasteiger partial charge in [-0.15, -0.1) is 0 Å². The van der Waals surface area contributed by atoms with Crippen molar-refractivity contribution in [2.24, 2.45) is 5.41 Å². The third kappa shape index (κ3) is 3.48. The Morgan fingerprint density at radius 3 is 1.78 bits per heavy atom. The molecule has 2 heterocycles. The minimum atomic E-state index is 0.666. The van der Waals surface area contributed by atoms with Gasteiger partial charge in [-0.25, -0.2) is 0 Å². The summed E-state index contributed by atoms with van der Waals surface area (Å²) in [7, 11) is 0. The molecule has 2 N–H and O–H groups in total. The van der Waals surface area contributed by atoms with Crippen molar-refractivity contribution < 1.29 is 0 Å². The van der Waals surface area contributed by atoms with E-state index in [-0.39, 0.29) is 0 Å². The first-order valence-electron chi connectivity index (χ1n) is 8.13. The van der Waals surface area contributed by atoms with Crippen molar-refractivity contribution in [1.82, 2.24) is 10.6 Å². The number of hydrogen-bond donors (Lipinski definition) is 2. The fourth-order valence-corrected chi connectivity index (χ4v) is 3.45. The average molecular weight is 252 g/mol. The molecule has 18 heavy (non-hydrogen) atoms. The van der Waals surface area contributed by atoms with Gasteiger partial charge in [0.15, 0.2) is 0 Å². The van der Waals surface area contributed by atoms with Crippen LogP contribution in [-0.2, 0) is 0 Å². The van der Waals surface area contributed by atoms with Crippen LogP contribution in [0.2, 0.25) is 0 Å². The topological polar surface area (TPSA) is 24.1 Å². The fourth-order valence-electron chi connectivity index (χ4n) is 3.45. The third-order valence-electron chi connectivity index (χ3n) is 4.98. The van der Waals surface area contributed by atoms with Crippen molar-refractivity contribution in [3.8, 4) is 0 Å². The van der Waals surface area contributed by atoms with Gasteiger partial charge in [0.2, 0.25) is 0 Å². The van der Waals surface area contributed by atoms with E-state index in [2.05, 4.69) is 24.5 Å². The van der Waals surface area contributed by atoms with Crippen LogP contribution in [0.15, 0.2) is 0 Å². The molecule has 2 atom stereocenters. The highest BCUT2D eigenvalue weighted by molar-refractivity contribution is 5.07. The standard InChI is InChI=1S/2C7H13N.C2H6/c1-6-4-7(2-3-7)5-8-6;1-6-2-3-7(8-6)4-5-7;1-2/h2*6,8H,2-5H2,1H3;1-2H3. The second-order valence-corrected chi connectivity index (χ2v) is 6.85. The lowest BCUT2D eigenvalue weighted by Crippen LogP contribution is -2.28. The Morgan fingerprint density at radius 1 is 0.889 bits per heavy atom. The van der Waals surface area contributed by atoms with Crippen LogP contribution in [0.5, 0.6) is 0 Å². The van der Waals surface area contributed by atoms with Crippen molar-refractivity contribution in [2.75, 3.05) is 6.54 Å². The van der Waals surface area contributed by atoms with Crippen LogP contribution in [0.4, 0.5) is 0 Å². The molecule has 4 aliphatic rings. The first-order chi connectivity index (χ1) is 8.62. The Hall–Kier alpha value is -0.0800. The van der Waals surface area contributed by atoms with Gasteiger partial charge in [-0.3, -0.25) is 0 Å². The van der Waals surface area contributed by atoms with E-state index in [4.69, 9.17) is 0 Å². The Balaban J connectivity index is 0.000000118. The second kappa shape index (κ2) is 5.50. The van der Waals surface area contributed by atoms with Gasteiger partial charge in [0.25, 0.3) is 0 Å². The number of hydrogen-bond acceptors (Lipinski definition) is 2.